The zero-order valence-electron chi connectivity index (χ0n) is 17.8. The molecule has 8 nitrogen and oxygen atoms in total. The van der Waals surface area contributed by atoms with Crippen LogP contribution in [0.25, 0.3) is 6.08 Å². The van der Waals surface area contributed by atoms with E-state index in [-0.39, 0.29) is 16.2 Å². The van der Waals surface area contributed by atoms with Crippen molar-refractivity contribution in [3.8, 4) is 5.75 Å². The summed E-state index contributed by atoms with van der Waals surface area (Å²) in [7, 11) is -4.19. The lowest BCUT2D eigenvalue weighted by Gasteiger charge is -2.23. The summed E-state index contributed by atoms with van der Waals surface area (Å²) >= 11 is 1.33. The van der Waals surface area contributed by atoms with Gasteiger partial charge in [0.15, 0.2) is 5.37 Å². The van der Waals surface area contributed by atoms with Crippen molar-refractivity contribution in [2.75, 3.05) is 11.5 Å². The van der Waals surface area contributed by atoms with E-state index in [0.717, 1.165) is 5.56 Å². The van der Waals surface area contributed by atoms with Crippen LogP contribution in [-0.2, 0) is 14.6 Å². The van der Waals surface area contributed by atoms with Gasteiger partial charge in [-0.05, 0) is 66.8 Å². The Hall–Kier alpha value is -3.50. The van der Waals surface area contributed by atoms with Gasteiger partial charge < -0.3 is 4.74 Å². The summed E-state index contributed by atoms with van der Waals surface area (Å²) in [6, 6.07) is 13.7. The van der Waals surface area contributed by atoms with E-state index >= 15 is 0 Å². The molecule has 1 unspecified atom stereocenters. The number of nitro benzene ring substituents is 1. The van der Waals surface area contributed by atoms with Crippen LogP contribution < -0.4 is 9.64 Å². The number of benzene rings is 2. The molecule has 2 heterocycles. The molecule has 1 aliphatic rings. The molecule has 3 aromatic rings. The number of ether oxygens (including phenoxy) is 1. The lowest BCUT2D eigenvalue weighted by molar-refractivity contribution is -0.384. The predicted molar refractivity (Wildman–Crippen MR) is 127 cm³/mol. The van der Waals surface area contributed by atoms with Gasteiger partial charge in [0, 0.05) is 22.7 Å². The third-order valence-corrected chi connectivity index (χ3v) is 8.16. The summed E-state index contributed by atoms with van der Waals surface area (Å²) in [5, 5.41) is 11.7. The lowest BCUT2D eigenvalue weighted by atomic mass is 10.1. The van der Waals surface area contributed by atoms with E-state index in [1.807, 2.05) is 25.3 Å². The van der Waals surface area contributed by atoms with Gasteiger partial charge in [0.1, 0.15) is 10.7 Å². The molecule has 33 heavy (non-hydrogen) atoms. The molecule has 4 rings (SSSR count). The minimum absolute atomic E-state index is 0.137. The second-order valence-electron chi connectivity index (χ2n) is 7.33. The number of sulfone groups is 1. The van der Waals surface area contributed by atoms with Crippen molar-refractivity contribution < 1.29 is 22.9 Å². The number of amides is 1. The number of anilines is 1. The van der Waals surface area contributed by atoms with Crippen LogP contribution in [0.5, 0.6) is 5.75 Å². The van der Waals surface area contributed by atoms with E-state index in [1.54, 1.807) is 24.3 Å². The van der Waals surface area contributed by atoms with Gasteiger partial charge in [0.05, 0.1) is 11.5 Å². The number of aryl methyl sites for hydroxylation is 1. The zero-order chi connectivity index (χ0) is 23.8. The van der Waals surface area contributed by atoms with Gasteiger partial charge in [0.25, 0.3) is 11.6 Å². The summed E-state index contributed by atoms with van der Waals surface area (Å²) in [5.74, 6) is -0.115. The molecule has 2 aromatic carbocycles. The molecule has 1 fully saturated rings. The number of hydrogen-bond donors (Lipinski definition) is 0. The van der Waals surface area contributed by atoms with Gasteiger partial charge in [-0.1, -0.05) is 12.1 Å². The normalized spacial score (nSPS) is 18.6. The monoisotopic (exact) mass is 484 g/mol. The summed E-state index contributed by atoms with van der Waals surface area (Å²) in [4.78, 5) is 25.7. The number of carbonyl (C=O) groups excluding carboxylic acids is 1. The Balaban J connectivity index is 1.90. The van der Waals surface area contributed by atoms with Gasteiger partial charge in [-0.2, -0.15) is 0 Å². The topological polar surface area (TPSA) is 107 Å². The molecule has 1 aromatic heterocycles. The number of carbonyl (C=O) groups is 1. The Kier molecular flexibility index (Phi) is 6.05. The molecule has 0 saturated carbocycles. The van der Waals surface area contributed by atoms with Gasteiger partial charge in [-0.15, -0.1) is 11.3 Å². The quantitative estimate of drug-likeness (QED) is 0.281. The highest BCUT2D eigenvalue weighted by atomic mass is 32.2. The number of hydrogen-bond acceptors (Lipinski definition) is 7. The Morgan fingerprint density at radius 1 is 1.18 bits per heavy atom. The van der Waals surface area contributed by atoms with Crippen LogP contribution in [0.2, 0.25) is 0 Å². The highest BCUT2D eigenvalue weighted by Gasteiger charge is 2.50. The molecule has 1 amide bonds. The Morgan fingerprint density at radius 2 is 1.91 bits per heavy atom. The summed E-state index contributed by atoms with van der Waals surface area (Å²) in [6.45, 7) is 4.13. The van der Waals surface area contributed by atoms with E-state index in [0.29, 0.717) is 22.9 Å². The van der Waals surface area contributed by atoms with Crippen LogP contribution in [0.1, 0.15) is 28.3 Å². The summed E-state index contributed by atoms with van der Waals surface area (Å²) < 4.78 is 32.8. The second-order valence-corrected chi connectivity index (χ2v) is 10.3. The molecule has 1 saturated heterocycles. The zero-order valence-corrected chi connectivity index (χ0v) is 19.4. The average molecular weight is 485 g/mol. The molecule has 0 aliphatic carbocycles. The van der Waals surface area contributed by atoms with Crippen molar-refractivity contribution >= 4 is 44.5 Å². The Bertz CT molecular complexity index is 1360. The fourth-order valence-corrected chi connectivity index (χ4v) is 6.44. The van der Waals surface area contributed by atoms with Crippen LogP contribution >= 0.6 is 11.3 Å². The molecule has 170 valence electrons. The fourth-order valence-electron chi connectivity index (χ4n) is 3.64. The van der Waals surface area contributed by atoms with Crippen molar-refractivity contribution in [2.24, 2.45) is 0 Å². The van der Waals surface area contributed by atoms with Crippen LogP contribution in [0.4, 0.5) is 11.4 Å². The van der Waals surface area contributed by atoms with E-state index in [1.165, 1.54) is 46.6 Å². The lowest BCUT2D eigenvalue weighted by Crippen LogP contribution is -2.29. The largest absolute Gasteiger partial charge is 0.494 e. The van der Waals surface area contributed by atoms with Crippen LogP contribution in [0.3, 0.4) is 0 Å². The van der Waals surface area contributed by atoms with Crippen LogP contribution in [0.15, 0.2) is 64.9 Å². The van der Waals surface area contributed by atoms with E-state index in [2.05, 4.69) is 0 Å². The second kappa shape index (κ2) is 8.80. The number of nitro groups is 1. The number of rotatable bonds is 6. The Labute approximate surface area is 194 Å². The van der Waals surface area contributed by atoms with E-state index in [4.69, 9.17) is 4.74 Å². The highest BCUT2D eigenvalue weighted by Crippen LogP contribution is 2.44. The minimum Gasteiger partial charge on any atom is -0.494 e. The SMILES string of the molecule is CCOc1ccc(N2C(=O)C(=Cc3sccc3C)S(=O)(=O)C2c2cccc([N+](=O)[O-])c2)cc1. The third kappa shape index (κ3) is 4.14. The fraction of sp³-hybridized carbons (Fsp3) is 0.174. The van der Waals surface area contributed by atoms with Crippen molar-refractivity contribution in [1.29, 1.82) is 0 Å². The van der Waals surface area contributed by atoms with Crippen molar-refractivity contribution in [3.63, 3.8) is 0 Å². The van der Waals surface area contributed by atoms with Crippen molar-refractivity contribution in [2.45, 2.75) is 19.2 Å². The molecule has 1 atom stereocenters. The molecule has 0 radical (unpaired) electrons. The van der Waals surface area contributed by atoms with Gasteiger partial charge in [-0.25, -0.2) is 8.42 Å². The van der Waals surface area contributed by atoms with E-state index < -0.39 is 26.0 Å². The number of non-ortho nitro benzene ring substituents is 1. The molecular weight excluding hydrogens is 464 g/mol. The maximum Gasteiger partial charge on any atom is 0.271 e. The van der Waals surface area contributed by atoms with E-state index in [9.17, 15) is 23.3 Å². The van der Waals surface area contributed by atoms with Crippen molar-refractivity contribution in [3.05, 3.63) is 91.0 Å². The molecule has 0 bridgehead atoms. The maximum atomic E-state index is 13.7. The summed E-state index contributed by atoms with van der Waals surface area (Å²) in [5.41, 5.74) is 1.07. The molecular formula is C23H20N2O6S2. The standard InChI is InChI=1S/C23H20N2O6S2/c1-3-31-19-9-7-17(8-10-19)24-22(26)21(14-20-15(2)11-12-32-20)33(29,30)23(24)16-5-4-6-18(13-16)25(27)28/h4-14,23H,3H2,1-2H3. The van der Waals surface area contributed by atoms with Gasteiger partial charge in [0.2, 0.25) is 9.84 Å². The molecule has 10 heteroatoms. The first-order valence-corrected chi connectivity index (χ1v) is 12.5. The molecule has 1 aliphatic heterocycles. The average Bonchev–Trinajstić information content (AvgIpc) is 3.28. The van der Waals surface area contributed by atoms with Gasteiger partial charge >= 0.3 is 0 Å². The first kappa shape index (κ1) is 22.7. The maximum absolute atomic E-state index is 13.7. The first-order chi connectivity index (χ1) is 15.7. The van der Waals surface area contributed by atoms with Gasteiger partial charge in [-0.3, -0.25) is 19.8 Å². The van der Waals surface area contributed by atoms with Crippen LogP contribution in [-0.4, -0.2) is 25.9 Å². The van der Waals surface area contributed by atoms with Crippen molar-refractivity contribution in [1.82, 2.24) is 0 Å². The predicted octanol–water partition coefficient (Wildman–Crippen LogP) is 4.86. The molecule has 0 spiro atoms. The minimum atomic E-state index is -4.19. The summed E-state index contributed by atoms with van der Waals surface area (Å²) in [6.07, 6.45) is 1.39. The number of nitrogens with zero attached hydrogens (tertiary/aromatic N) is 2. The van der Waals surface area contributed by atoms with Crippen LogP contribution in [0, 0.1) is 17.0 Å². The Morgan fingerprint density at radius 3 is 2.52 bits per heavy atom. The smallest absolute Gasteiger partial charge is 0.271 e. The first-order valence-electron chi connectivity index (χ1n) is 10.0. The third-order valence-electron chi connectivity index (χ3n) is 5.22. The highest BCUT2D eigenvalue weighted by molar-refractivity contribution is 7.97. The molecule has 0 N–H and O–H groups in total. The number of thiophene rings is 1.